The van der Waals surface area contributed by atoms with E-state index in [1.54, 1.807) is 0 Å². The molecule has 3 rings (SSSR count). The predicted molar refractivity (Wildman–Crippen MR) is 71.5 cm³/mol. The van der Waals surface area contributed by atoms with Crippen LogP contribution >= 0.6 is 11.6 Å². The van der Waals surface area contributed by atoms with Gasteiger partial charge in [0.15, 0.2) is 12.2 Å². The van der Waals surface area contributed by atoms with Gasteiger partial charge in [-0.3, -0.25) is 0 Å². The van der Waals surface area contributed by atoms with Gasteiger partial charge >= 0.3 is 0 Å². The molecule has 1 aromatic carbocycles. The number of oxazole rings is 1. The van der Waals surface area contributed by atoms with E-state index >= 15 is 0 Å². The molecule has 1 saturated carbocycles. The first kappa shape index (κ1) is 11.8. The van der Waals surface area contributed by atoms with Gasteiger partial charge in [0.25, 0.3) is 0 Å². The van der Waals surface area contributed by atoms with E-state index in [1.165, 1.54) is 19.2 Å². The van der Waals surface area contributed by atoms with Gasteiger partial charge in [-0.05, 0) is 43.5 Å². The first-order valence-corrected chi connectivity index (χ1v) is 6.53. The minimum Gasteiger partial charge on any atom is -0.443 e. The molecule has 0 amide bonds. The molecule has 1 aromatic heterocycles. The van der Waals surface area contributed by atoms with Crippen LogP contribution in [0.2, 0.25) is 5.02 Å². The van der Waals surface area contributed by atoms with Crippen LogP contribution < -0.4 is 5.32 Å². The molecule has 0 saturated heterocycles. The van der Waals surface area contributed by atoms with Gasteiger partial charge in [0, 0.05) is 23.2 Å². The molecule has 94 valence electrons. The number of benzene rings is 1. The zero-order valence-electron chi connectivity index (χ0n) is 10.2. The van der Waals surface area contributed by atoms with E-state index in [1.807, 2.05) is 19.1 Å². The molecule has 1 N–H and O–H groups in total. The summed E-state index contributed by atoms with van der Waals surface area (Å²) in [6.07, 6.45) is 4.03. The number of nitrogens with one attached hydrogen (secondary N) is 1. The van der Waals surface area contributed by atoms with Crippen molar-refractivity contribution in [1.29, 1.82) is 0 Å². The lowest BCUT2D eigenvalue weighted by Gasteiger charge is -2.04. The average molecular weight is 263 g/mol. The maximum atomic E-state index is 6.08. The van der Waals surface area contributed by atoms with Gasteiger partial charge in [-0.1, -0.05) is 11.6 Å². The predicted octanol–water partition coefficient (Wildman–Crippen LogP) is 3.56. The van der Waals surface area contributed by atoms with Crippen LogP contribution in [0, 0.1) is 6.92 Å². The van der Waals surface area contributed by atoms with Gasteiger partial charge < -0.3 is 9.73 Å². The van der Waals surface area contributed by atoms with E-state index < -0.39 is 0 Å². The van der Waals surface area contributed by atoms with E-state index in [4.69, 9.17) is 16.0 Å². The van der Waals surface area contributed by atoms with E-state index in [0.717, 1.165) is 34.1 Å². The summed E-state index contributed by atoms with van der Waals surface area (Å²) in [5.41, 5.74) is 3.06. The fourth-order valence-electron chi connectivity index (χ4n) is 2.03. The van der Waals surface area contributed by atoms with Crippen LogP contribution in [0.4, 0.5) is 0 Å². The lowest BCUT2D eigenvalue weighted by molar-refractivity contribution is 0.569. The summed E-state index contributed by atoms with van der Waals surface area (Å²) in [5, 5.41) is 4.17. The Morgan fingerprint density at radius 2 is 2.22 bits per heavy atom. The van der Waals surface area contributed by atoms with Gasteiger partial charge in [0.05, 0.1) is 0 Å². The molecule has 0 atom stereocenters. The van der Waals surface area contributed by atoms with E-state index in [2.05, 4.69) is 16.4 Å². The molecule has 3 nitrogen and oxygen atoms in total. The lowest BCUT2D eigenvalue weighted by Crippen LogP contribution is -2.15. The van der Waals surface area contributed by atoms with Crippen LogP contribution in [0.5, 0.6) is 0 Å². The third kappa shape index (κ3) is 2.57. The quantitative estimate of drug-likeness (QED) is 0.916. The summed E-state index contributed by atoms with van der Waals surface area (Å²) < 4.78 is 5.50. The zero-order valence-corrected chi connectivity index (χ0v) is 11.0. The lowest BCUT2D eigenvalue weighted by atomic mass is 10.1. The normalized spacial score (nSPS) is 15.0. The Labute approximate surface area is 111 Å². The summed E-state index contributed by atoms with van der Waals surface area (Å²) in [7, 11) is 0. The molecule has 1 heterocycles. The smallest absolute Gasteiger partial charge is 0.181 e. The second-order valence-corrected chi connectivity index (χ2v) is 5.24. The zero-order chi connectivity index (χ0) is 12.5. The molecular formula is C14H15ClN2O. The van der Waals surface area contributed by atoms with Crippen molar-refractivity contribution in [3.63, 3.8) is 0 Å². The molecule has 0 aliphatic heterocycles. The molecule has 1 fully saturated rings. The minimum absolute atomic E-state index is 0.663. The maximum absolute atomic E-state index is 6.08. The summed E-state index contributed by atoms with van der Waals surface area (Å²) in [6, 6.07) is 6.57. The standard InChI is InChI=1S/C14H15ClN2O/c1-9-4-10(6-11(15)5-9)14-13(17-8-18-14)7-16-12-2-3-12/h4-6,8,12,16H,2-3,7H2,1H3. The highest BCUT2D eigenvalue weighted by Crippen LogP contribution is 2.28. The maximum Gasteiger partial charge on any atom is 0.181 e. The van der Waals surface area contributed by atoms with E-state index in [0.29, 0.717) is 6.04 Å². The van der Waals surface area contributed by atoms with E-state index in [9.17, 15) is 0 Å². The summed E-state index contributed by atoms with van der Waals surface area (Å²) in [6.45, 7) is 2.77. The highest BCUT2D eigenvalue weighted by molar-refractivity contribution is 6.30. The molecule has 18 heavy (non-hydrogen) atoms. The van der Waals surface area contributed by atoms with Crippen molar-refractivity contribution in [2.45, 2.75) is 32.4 Å². The topological polar surface area (TPSA) is 38.1 Å². The molecule has 1 aliphatic carbocycles. The first-order valence-electron chi connectivity index (χ1n) is 6.15. The molecule has 1 aliphatic rings. The number of rotatable bonds is 4. The van der Waals surface area contributed by atoms with Crippen molar-refractivity contribution >= 4 is 11.6 Å². The van der Waals surface area contributed by atoms with Crippen LogP contribution in [-0.4, -0.2) is 11.0 Å². The van der Waals surface area contributed by atoms with Crippen molar-refractivity contribution in [3.05, 3.63) is 40.9 Å². The molecule has 0 radical (unpaired) electrons. The number of hydrogen-bond donors (Lipinski definition) is 1. The van der Waals surface area contributed by atoms with E-state index in [-0.39, 0.29) is 0 Å². The van der Waals surface area contributed by atoms with Gasteiger partial charge in [0.2, 0.25) is 0 Å². The number of halogens is 1. The van der Waals surface area contributed by atoms with Crippen molar-refractivity contribution in [2.75, 3.05) is 0 Å². The molecule has 0 bridgehead atoms. The summed E-state index contributed by atoms with van der Waals surface area (Å²) in [4.78, 5) is 4.28. The highest BCUT2D eigenvalue weighted by atomic mass is 35.5. The molecule has 4 heteroatoms. The minimum atomic E-state index is 0.663. The molecule has 0 unspecified atom stereocenters. The van der Waals surface area contributed by atoms with Crippen LogP contribution in [0.25, 0.3) is 11.3 Å². The Balaban J connectivity index is 1.87. The van der Waals surface area contributed by atoms with Crippen molar-refractivity contribution in [3.8, 4) is 11.3 Å². The number of aryl methyl sites for hydroxylation is 1. The molecular weight excluding hydrogens is 248 g/mol. The Hall–Kier alpha value is -1.32. The van der Waals surface area contributed by atoms with Crippen LogP contribution in [0.15, 0.2) is 29.0 Å². The molecule has 2 aromatic rings. The summed E-state index contributed by atoms with van der Waals surface area (Å²) >= 11 is 6.08. The fraction of sp³-hybridized carbons (Fsp3) is 0.357. The third-order valence-corrected chi connectivity index (χ3v) is 3.30. The summed E-state index contributed by atoms with van der Waals surface area (Å²) in [5.74, 6) is 0.814. The Morgan fingerprint density at radius 3 is 2.94 bits per heavy atom. The van der Waals surface area contributed by atoms with Crippen molar-refractivity contribution in [1.82, 2.24) is 10.3 Å². The Morgan fingerprint density at radius 1 is 1.39 bits per heavy atom. The second kappa shape index (κ2) is 4.75. The highest BCUT2D eigenvalue weighted by Gasteiger charge is 2.21. The van der Waals surface area contributed by atoms with Gasteiger partial charge in [-0.15, -0.1) is 0 Å². The number of hydrogen-bond acceptors (Lipinski definition) is 3. The Kier molecular flexibility index (Phi) is 3.10. The van der Waals surface area contributed by atoms with Gasteiger partial charge in [0.1, 0.15) is 5.69 Å². The van der Waals surface area contributed by atoms with Crippen LogP contribution in [0.3, 0.4) is 0 Å². The largest absolute Gasteiger partial charge is 0.443 e. The fourth-order valence-corrected chi connectivity index (χ4v) is 2.32. The third-order valence-electron chi connectivity index (χ3n) is 3.08. The average Bonchev–Trinajstić information content (AvgIpc) is 3.02. The Bertz CT molecular complexity index is 540. The van der Waals surface area contributed by atoms with Crippen molar-refractivity contribution in [2.24, 2.45) is 0 Å². The molecule has 0 spiro atoms. The van der Waals surface area contributed by atoms with Gasteiger partial charge in [-0.2, -0.15) is 0 Å². The van der Waals surface area contributed by atoms with Crippen molar-refractivity contribution < 1.29 is 4.42 Å². The van der Waals surface area contributed by atoms with Gasteiger partial charge in [-0.25, -0.2) is 4.98 Å². The van der Waals surface area contributed by atoms with Crippen LogP contribution in [0.1, 0.15) is 24.1 Å². The van der Waals surface area contributed by atoms with Crippen LogP contribution in [-0.2, 0) is 6.54 Å². The first-order chi connectivity index (χ1) is 8.72. The monoisotopic (exact) mass is 262 g/mol. The number of nitrogens with zero attached hydrogens (tertiary/aromatic N) is 1. The SMILES string of the molecule is Cc1cc(Cl)cc(-c2ocnc2CNC2CC2)c1. The number of aromatic nitrogens is 1. The second-order valence-electron chi connectivity index (χ2n) is 4.80.